The van der Waals surface area contributed by atoms with E-state index in [1.54, 1.807) is 24.4 Å². The molecule has 0 N–H and O–H groups in total. The lowest BCUT2D eigenvalue weighted by Gasteiger charge is -2.16. The monoisotopic (exact) mass is 489 g/mol. The molecule has 2 atom stereocenters. The van der Waals surface area contributed by atoms with Gasteiger partial charge in [-0.2, -0.15) is 9.78 Å². The number of hydrogen-bond donors (Lipinski definition) is 0. The van der Waals surface area contributed by atoms with Crippen LogP contribution in [0, 0.1) is 0 Å². The maximum Gasteiger partial charge on any atom is 0.282 e. The molecule has 3 aromatic rings. The molecule has 0 saturated carbocycles. The van der Waals surface area contributed by atoms with Crippen molar-refractivity contribution >= 4 is 44.6 Å². The first kappa shape index (κ1) is 22.5. The maximum atomic E-state index is 13.3. The summed E-state index contributed by atoms with van der Waals surface area (Å²) >= 11 is 9.63. The largest absolute Gasteiger partial charge is 0.490 e. The standard InChI is InChI=1S/C23H25BrClN3O2/c1-5-14(3)22-27-20-9-7-17(24)12-19(20)23(29)28(22)26-13-16-11-18(25)8-10-21(16)30-15(4)6-2/h7-15H,5-6H2,1-4H3/t14-,15-/m1/s1. The Kier molecular flexibility index (Phi) is 7.32. The van der Waals surface area contributed by atoms with Crippen LogP contribution in [0.15, 0.2) is 50.8 Å². The summed E-state index contributed by atoms with van der Waals surface area (Å²) < 4.78 is 8.20. The van der Waals surface area contributed by atoms with Crippen molar-refractivity contribution in [3.63, 3.8) is 0 Å². The Morgan fingerprint density at radius 2 is 1.97 bits per heavy atom. The summed E-state index contributed by atoms with van der Waals surface area (Å²) in [6, 6.07) is 10.9. The maximum absolute atomic E-state index is 13.3. The number of ether oxygens (including phenoxy) is 1. The highest BCUT2D eigenvalue weighted by molar-refractivity contribution is 9.10. The van der Waals surface area contributed by atoms with Crippen molar-refractivity contribution in [2.24, 2.45) is 5.10 Å². The first-order chi connectivity index (χ1) is 14.3. The van der Waals surface area contributed by atoms with E-state index in [0.717, 1.165) is 17.3 Å². The van der Waals surface area contributed by atoms with Gasteiger partial charge in [-0.15, -0.1) is 0 Å². The molecule has 0 aliphatic carbocycles. The van der Waals surface area contributed by atoms with E-state index in [1.807, 2.05) is 32.0 Å². The van der Waals surface area contributed by atoms with Gasteiger partial charge in [0.05, 0.1) is 23.2 Å². The predicted octanol–water partition coefficient (Wildman–Crippen LogP) is 6.39. The molecular formula is C23H25BrClN3O2. The average molecular weight is 491 g/mol. The van der Waals surface area contributed by atoms with Gasteiger partial charge >= 0.3 is 0 Å². The zero-order valence-electron chi connectivity index (χ0n) is 17.5. The number of fused-ring (bicyclic) bond motifs is 1. The van der Waals surface area contributed by atoms with Crippen molar-refractivity contribution in [1.29, 1.82) is 0 Å². The molecule has 7 heteroatoms. The first-order valence-electron chi connectivity index (χ1n) is 10.1. The predicted molar refractivity (Wildman–Crippen MR) is 127 cm³/mol. The smallest absolute Gasteiger partial charge is 0.282 e. The second kappa shape index (κ2) is 9.75. The van der Waals surface area contributed by atoms with E-state index in [-0.39, 0.29) is 17.6 Å². The Morgan fingerprint density at radius 3 is 2.67 bits per heavy atom. The molecule has 0 bridgehead atoms. The van der Waals surface area contributed by atoms with Crippen molar-refractivity contribution in [1.82, 2.24) is 9.66 Å². The summed E-state index contributed by atoms with van der Waals surface area (Å²) in [5, 5.41) is 5.60. The zero-order valence-corrected chi connectivity index (χ0v) is 19.9. The Morgan fingerprint density at radius 1 is 1.20 bits per heavy atom. The zero-order chi connectivity index (χ0) is 21.8. The molecule has 0 aliphatic heterocycles. The Labute approximate surface area is 189 Å². The van der Waals surface area contributed by atoms with Crippen LogP contribution in [-0.4, -0.2) is 22.0 Å². The van der Waals surface area contributed by atoms with Crippen molar-refractivity contribution < 1.29 is 4.74 Å². The molecule has 1 aromatic heterocycles. The van der Waals surface area contributed by atoms with Gasteiger partial charge in [0.15, 0.2) is 0 Å². The van der Waals surface area contributed by atoms with Gasteiger partial charge in [0, 0.05) is 21.0 Å². The molecule has 158 valence electrons. The fourth-order valence-corrected chi connectivity index (χ4v) is 3.47. The fraction of sp³-hybridized carbons (Fsp3) is 0.348. The molecule has 2 aromatic carbocycles. The number of halogens is 2. The SMILES string of the molecule is CC[C@@H](C)Oc1ccc(Cl)cc1C=Nn1c([C@H](C)CC)nc2ccc(Br)cc2c1=O. The van der Waals surface area contributed by atoms with Crippen molar-refractivity contribution in [2.45, 2.75) is 52.6 Å². The third kappa shape index (κ3) is 4.93. The highest BCUT2D eigenvalue weighted by atomic mass is 79.9. The third-order valence-corrected chi connectivity index (χ3v) is 5.80. The van der Waals surface area contributed by atoms with E-state index < -0.39 is 0 Å². The summed E-state index contributed by atoms with van der Waals surface area (Å²) in [6.45, 7) is 8.17. The molecule has 5 nitrogen and oxygen atoms in total. The van der Waals surface area contributed by atoms with Gasteiger partial charge in [0.25, 0.3) is 5.56 Å². The lowest BCUT2D eigenvalue weighted by molar-refractivity contribution is 0.217. The molecule has 0 unspecified atom stereocenters. The molecule has 0 saturated heterocycles. The summed E-state index contributed by atoms with van der Waals surface area (Å²) in [7, 11) is 0. The van der Waals surface area contributed by atoms with E-state index in [0.29, 0.717) is 33.1 Å². The van der Waals surface area contributed by atoms with E-state index in [4.69, 9.17) is 21.3 Å². The highest BCUT2D eigenvalue weighted by Crippen LogP contribution is 2.24. The van der Waals surface area contributed by atoms with Crippen LogP contribution in [-0.2, 0) is 0 Å². The van der Waals surface area contributed by atoms with Crippen LogP contribution >= 0.6 is 27.5 Å². The summed E-state index contributed by atoms with van der Waals surface area (Å²) in [4.78, 5) is 18.0. The van der Waals surface area contributed by atoms with Crippen LogP contribution < -0.4 is 10.3 Å². The second-order valence-electron chi connectivity index (χ2n) is 7.32. The van der Waals surface area contributed by atoms with E-state index in [1.165, 1.54) is 4.68 Å². The van der Waals surface area contributed by atoms with Gasteiger partial charge in [0.2, 0.25) is 0 Å². The lowest BCUT2D eigenvalue weighted by Crippen LogP contribution is -2.23. The number of hydrogen-bond acceptors (Lipinski definition) is 4. The Balaban J connectivity index is 2.15. The minimum absolute atomic E-state index is 0.0522. The number of aromatic nitrogens is 2. The molecule has 1 heterocycles. The van der Waals surface area contributed by atoms with Gasteiger partial charge in [-0.3, -0.25) is 4.79 Å². The van der Waals surface area contributed by atoms with Crippen molar-refractivity contribution in [3.8, 4) is 5.75 Å². The van der Waals surface area contributed by atoms with Crippen LogP contribution in [0.1, 0.15) is 57.8 Å². The molecule has 0 spiro atoms. The number of benzene rings is 2. The highest BCUT2D eigenvalue weighted by Gasteiger charge is 2.16. The van der Waals surface area contributed by atoms with Gasteiger partial charge in [-0.05, 0) is 56.2 Å². The minimum atomic E-state index is -0.209. The Hall–Kier alpha value is -2.18. The Bertz CT molecular complexity index is 1140. The van der Waals surface area contributed by atoms with Gasteiger partial charge < -0.3 is 4.74 Å². The van der Waals surface area contributed by atoms with Crippen LogP contribution in [0.5, 0.6) is 5.75 Å². The van der Waals surface area contributed by atoms with Gasteiger partial charge in [-0.1, -0.05) is 48.3 Å². The molecule has 30 heavy (non-hydrogen) atoms. The molecule has 0 amide bonds. The van der Waals surface area contributed by atoms with Gasteiger partial charge in [-0.25, -0.2) is 4.98 Å². The van der Waals surface area contributed by atoms with Crippen LogP contribution in [0.25, 0.3) is 10.9 Å². The average Bonchev–Trinajstić information content (AvgIpc) is 2.74. The molecule has 3 rings (SSSR count). The summed E-state index contributed by atoms with van der Waals surface area (Å²) in [6.07, 6.45) is 3.38. The first-order valence-corrected chi connectivity index (χ1v) is 11.2. The minimum Gasteiger partial charge on any atom is -0.490 e. The van der Waals surface area contributed by atoms with Crippen molar-refractivity contribution in [2.75, 3.05) is 0 Å². The van der Waals surface area contributed by atoms with E-state index in [9.17, 15) is 4.79 Å². The quantitative estimate of drug-likeness (QED) is 0.361. The molecule has 0 aliphatic rings. The van der Waals surface area contributed by atoms with Crippen LogP contribution in [0.3, 0.4) is 0 Å². The molecule has 0 fully saturated rings. The van der Waals surface area contributed by atoms with Crippen molar-refractivity contribution in [3.05, 3.63) is 67.6 Å². The van der Waals surface area contributed by atoms with Crippen LogP contribution in [0.4, 0.5) is 0 Å². The fourth-order valence-electron chi connectivity index (χ4n) is 2.93. The topological polar surface area (TPSA) is 56.5 Å². The normalized spacial score (nSPS) is 13.7. The molecular weight excluding hydrogens is 466 g/mol. The lowest BCUT2D eigenvalue weighted by atomic mass is 10.1. The third-order valence-electron chi connectivity index (χ3n) is 5.07. The van der Waals surface area contributed by atoms with E-state index in [2.05, 4.69) is 34.9 Å². The summed E-state index contributed by atoms with van der Waals surface area (Å²) in [5.41, 5.74) is 1.16. The van der Waals surface area contributed by atoms with Gasteiger partial charge in [0.1, 0.15) is 11.6 Å². The molecule has 0 radical (unpaired) electrons. The van der Waals surface area contributed by atoms with Crippen LogP contribution in [0.2, 0.25) is 5.02 Å². The summed E-state index contributed by atoms with van der Waals surface area (Å²) in [5.74, 6) is 1.37. The number of rotatable bonds is 7. The second-order valence-corrected chi connectivity index (χ2v) is 8.67. The van der Waals surface area contributed by atoms with E-state index >= 15 is 0 Å². The number of nitrogens with zero attached hydrogens (tertiary/aromatic N) is 3.